The van der Waals surface area contributed by atoms with Crippen molar-refractivity contribution in [3.05, 3.63) is 35.9 Å². The van der Waals surface area contributed by atoms with Crippen LogP contribution in [0.25, 0.3) is 0 Å². The van der Waals surface area contributed by atoms with Crippen LogP contribution in [0.3, 0.4) is 0 Å². The third-order valence-electron chi connectivity index (χ3n) is 1.90. The maximum atomic E-state index is 11.1. The molecule has 1 aromatic rings. The summed E-state index contributed by atoms with van der Waals surface area (Å²) in [4.78, 5) is 21.4. The zero-order chi connectivity index (χ0) is 12.7. The third-order valence-corrected chi connectivity index (χ3v) is 1.90. The Balaban J connectivity index is 2.24. The van der Waals surface area contributed by atoms with Crippen LogP contribution in [0.2, 0.25) is 0 Å². The smallest absolute Gasteiger partial charge is 0.480 e. The van der Waals surface area contributed by atoms with Crippen LogP contribution in [0.4, 0.5) is 4.79 Å². The fourth-order valence-electron chi connectivity index (χ4n) is 0.987. The van der Waals surface area contributed by atoms with E-state index in [9.17, 15) is 9.59 Å². The predicted octanol–water partition coefficient (Wildman–Crippen LogP) is 0.752. The van der Waals surface area contributed by atoms with E-state index in [4.69, 9.17) is 15.6 Å². The third kappa shape index (κ3) is 4.98. The number of rotatable bonds is 5. The normalized spacial score (nSPS) is 11.6. The van der Waals surface area contributed by atoms with Crippen molar-refractivity contribution in [2.24, 2.45) is 5.73 Å². The molecule has 0 radical (unpaired) electrons. The van der Waals surface area contributed by atoms with Gasteiger partial charge in [-0.25, -0.2) is 4.79 Å². The van der Waals surface area contributed by atoms with Crippen molar-refractivity contribution in [2.45, 2.75) is 12.6 Å². The van der Waals surface area contributed by atoms with Crippen molar-refractivity contribution in [3.63, 3.8) is 0 Å². The van der Waals surface area contributed by atoms with Crippen molar-refractivity contribution in [3.8, 4) is 0 Å². The van der Waals surface area contributed by atoms with Gasteiger partial charge in [0.05, 0.1) is 0 Å². The highest BCUT2D eigenvalue weighted by Crippen LogP contribution is 2.01. The fraction of sp³-hybridized carbons (Fsp3) is 0.273. The molecule has 1 atom stereocenters. The quantitative estimate of drug-likeness (QED) is 0.735. The molecular weight excluding hydrogens is 226 g/mol. The van der Waals surface area contributed by atoms with E-state index in [1.54, 1.807) is 12.1 Å². The van der Waals surface area contributed by atoms with Gasteiger partial charge in [0.2, 0.25) is 0 Å². The van der Waals surface area contributed by atoms with Crippen LogP contribution >= 0.6 is 0 Å². The number of carboxylic acids is 1. The van der Waals surface area contributed by atoms with Gasteiger partial charge in [0.1, 0.15) is 19.3 Å². The molecule has 0 aliphatic rings. The monoisotopic (exact) mass is 239 g/mol. The summed E-state index contributed by atoms with van der Waals surface area (Å²) in [7, 11) is 0. The lowest BCUT2D eigenvalue weighted by molar-refractivity contribution is -0.139. The second kappa shape index (κ2) is 6.49. The van der Waals surface area contributed by atoms with Crippen molar-refractivity contribution in [1.29, 1.82) is 0 Å². The number of carboxylic acid groups (broad SMARTS) is 1. The molecule has 0 spiro atoms. The van der Waals surface area contributed by atoms with Crippen LogP contribution in [0, 0.1) is 0 Å². The van der Waals surface area contributed by atoms with Gasteiger partial charge < -0.3 is 20.3 Å². The molecule has 0 fully saturated rings. The summed E-state index contributed by atoms with van der Waals surface area (Å²) in [5, 5.41) is 8.45. The highest BCUT2D eigenvalue weighted by atomic mass is 16.7. The topological polar surface area (TPSA) is 98.9 Å². The molecule has 1 rings (SSSR count). The summed E-state index contributed by atoms with van der Waals surface area (Å²) in [5.41, 5.74) is 5.95. The van der Waals surface area contributed by atoms with E-state index in [2.05, 4.69) is 4.74 Å². The number of carbonyl (C=O) groups excluding carboxylic acids is 1. The number of benzene rings is 1. The van der Waals surface area contributed by atoms with Crippen LogP contribution in [-0.2, 0) is 20.9 Å². The molecule has 0 bridgehead atoms. The summed E-state index contributed by atoms with van der Waals surface area (Å²) in [6.45, 7) is -0.342. The molecule has 0 aliphatic carbocycles. The average molecular weight is 239 g/mol. The lowest BCUT2D eigenvalue weighted by atomic mass is 10.2. The summed E-state index contributed by atoms with van der Waals surface area (Å²) < 4.78 is 9.27. The van der Waals surface area contributed by atoms with E-state index < -0.39 is 24.8 Å². The van der Waals surface area contributed by atoms with Gasteiger partial charge in [-0.05, 0) is 5.56 Å². The van der Waals surface area contributed by atoms with Crippen LogP contribution in [0.5, 0.6) is 0 Å². The molecule has 6 nitrogen and oxygen atoms in total. The SMILES string of the molecule is N[C@@H](COC(=O)OCc1ccccc1)C(=O)O. The second-order valence-corrected chi connectivity index (χ2v) is 3.28. The number of hydrogen-bond acceptors (Lipinski definition) is 5. The lowest BCUT2D eigenvalue weighted by Gasteiger charge is -2.08. The first-order valence-electron chi connectivity index (χ1n) is 4.91. The minimum absolute atomic E-state index is 0.0714. The maximum absolute atomic E-state index is 11.1. The second-order valence-electron chi connectivity index (χ2n) is 3.28. The van der Waals surface area contributed by atoms with Gasteiger partial charge >= 0.3 is 12.1 Å². The molecule has 17 heavy (non-hydrogen) atoms. The van der Waals surface area contributed by atoms with Gasteiger partial charge in [0, 0.05) is 0 Å². The van der Waals surface area contributed by atoms with E-state index in [1.807, 2.05) is 18.2 Å². The Kier molecular flexibility index (Phi) is 4.96. The first-order valence-corrected chi connectivity index (χ1v) is 4.91. The van der Waals surface area contributed by atoms with Crippen LogP contribution in [-0.4, -0.2) is 29.9 Å². The Bertz CT molecular complexity index is 379. The highest BCUT2D eigenvalue weighted by Gasteiger charge is 2.14. The minimum Gasteiger partial charge on any atom is -0.480 e. The van der Waals surface area contributed by atoms with Gasteiger partial charge in [-0.3, -0.25) is 4.79 Å². The van der Waals surface area contributed by atoms with Gasteiger partial charge in [-0.1, -0.05) is 30.3 Å². The van der Waals surface area contributed by atoms with Crippen molar-refractivity contribution >= 4 is 12.1 Å². The van der Waals surface area contributed by atoms with E-state index >= 15 is 0 Å². The lowest BCUT2D eigenvalue weighted by Crippen LogP contribution is -2.35. The zero-order valence-corrected chi connectivity index (χ0v) is 9.04. The van der Waals surface area contributed by atoms with Gasteiger partial charge in [-0.15, -0.1) is 0 Å². The molecule has 0 aromatic heterocycles. The number of hydrogen-bond donors (Lipinski definition) is 2. The Morgan fingerprint density at radius 2 is 1.88 bits per heavy atom. The van der Waals surface area contributed by atoms with Crippen LogP contribution in [0.15, 0.2) is 30.3 Å². The van der Waals surface area contributed by atoms with Crippen molar-refractivity contribution < 1.29 is 24.2 Å². The minimum atomic E-state index is -1.24. The molecular formula is C11H13NO5. The van der Waals surface area contributed by atoms with E-state index in [0.29, 0.717) is 0 Å². The van der Waals surface area contributed by atoms with Crippen molar-refractivity contribution in [1.82, 2.24) is 0 Å². The van der Waals surface area contributed by atoms with Gasteiger partial charge in [-0.2, -0.15) is 0 Å². The largest absolute Gasteiger partial charge is 0.508 e. The Labute approximate surface area is 97.9 Å². The highest BCUT2D eigenvalue weighted by molar-refractivity contribution is 5.73. The van der Waals surface area contributed by atoms with Gasteiger partial charge in [0.25, 0.3) is 0 Å². The fourth-order valence-corrected chi connectivity index (χ4v) is 0.987. The molecule has 0 heterocycles. The summed E-state index contributed by atoms with van der Waals surface area (Å²) in [5.74, 6) is -1.24. The van der Waals surface area contributed by atoms with E-state index in [1.165, 1.54) is 0 Å². The molecule has 0 saturated carbocycles. The van der Waals surface area contributed by atoms with E-state index in [0.717, 1.165) is 5.56 Å². The molecule has 1 aromatic carbocycles. The van der Waals surface area contributed by atoms with Crippen LogP contribution in [0.1, 0.15) is 5.56 Å². The van der Waals surface area contributed by atoms with Gasteiger partial charge in [0.15, 0.2) is 0 Å². The first-order chi connectivity index (χ1) is 8.09. The summed E-state index contributed by atoms with van der Waals surface area (Å²) in [6, 6.07) is 7.80. The molecule has 0 unspecified atom stereocenters. The number of aliphatic carboxylic acids is 1. The predicted molar refractivity (Wildman–Crippen MR) is 58.2 cm³/mol. The van der Waals surface area contributed by atoms with E-state index in [-0.39, 0.29) is 6.61 Å². The number of ether oxygens (including phenoxy) is 2. The summed E-state index contributed by atoms with van der Waals surface area (Å²) >= 11 is 0. The standard InChI is InChI=1S/C11H13NO5/c12-9(10(13)14)7-17-11(15)16-6-8-4-2-1-3-5-8/h1-5,9H,6-7,12H2,(H,13,14)/t9-/m0/s1. The zero-order valence-electron chi connectivity index (χ0n) is 9.04. The van der Waals surface area contributed by atoms with Crippen molar-refractivity contribution in [2.75, 3.05) is 6.61 Å². The summed E-state index contributed by atoms with van der Waals surface area (Å²) in [6.07, 6.45) is -0.939. The molecule has 0 saturated heterocycles. The molecule has 92 valence electrons. The molecule has 0 aliphatic heterocycles. The molecule has 0 amide bonds. The Morgan fingerprint density at radius 3 is 2.47 bits per heavy atom. The van der Waals surface area contributed by atoms with Crippen LogP contribution < -0.4 is 5.73 Å². The molecule has 6 heteroatoms. The maximum Gasteiger partial charge on any atom is 0.508 e. The first kappa shape index (κ1) is 13.0. The average Bonchev–Trinajstić information content (AvgIpc) is 2.34. The Hall–Kier alpha value is -2.08. The molecule has 3 N–H and O–H groups in total. The number of nitrogens with two attached hydrogens (primary N) is 1. The Morgan fingerprint density at radius 1 is 1.24 bits per heavy atom. The number of carbonyl (C=O) groups is 2.